The molecule has 0 bridgehead atoms. The molecule has 0 fully saturated rings. The van der Waals surface area contributed by atoms with Crippen LogP contribution in [0.4, 0.5) is 11.4 Å². The normalized spacial score (nSPS) is 10.6. The van der Waals surface area contributed by atoms with Gasteiger partial charge >= 0.3 is 0 Å². The number of nitrogens with zero attached hydrogens (tertiary/aromatic N) is 1. The van der Waals surface area contributed by atoms with Crippen molar-refractivity contribution in [2.75, 3.05) is 18.2 Å². The van der Waals surface area contributed by atoms with Gasteiger partial charge in [0, 0.05) is 5.39 Å². The van der Waals surface area contributed by atoms with Gasteiger partial charge in [0.2, 0.25) is 5.91 Å². The molecule has 1 aromatic heterocycles. The first-order valence-electron chi connectivity index (χ1n) is 7.65. The summed E-state index contributed by atoms with van der Waals surface area (Å²) < 4.78 is 5.28. The third-order valence-electron chi connectivity index (χ3n) is 3.78. The van der Waals surface area contributed by atoms with Crippen LogP contribution in [0.15, 0.2) is 48.5 Å². The van der Waals surface area contributed by atoms with Crippen LogP contribution in [-0.4, -0.2) is 18.0 Å². The molecule has 24 heavy (non-hydrogen) atoms. The molecule has 0 aliphatic carbocycles. The average Bonchev–Trinajstić information content (AvgIpc) is 2.56. The topological polar surface area (TPSA) is 77.2 Å². The van der Waals surface area contributed by atoms with Gasteiger partial charge in [-0.05, 0) is 36.8 Å². The van der Waals surface area contributed by atoms with Gasteiger partial charge in [0.1, 0.15) is 5.75 Å². The molecule has 1 heterocycles. The summed E-state index contributed by atoms with van der Waals surface area (Å²) in [6.07, 6.45) is 0.168. The number of nitrogen functional groups attached to an aromatic ring is 1. The zero-order valence-electron chi connectivity index (χ0n) is 13.7. The van der Waals surface area contributed by atoms with E-state index in [4.69, 9.17) is 10.5 Å². The van der Waals surface area contributed by atoms with Gasteiger partial charge in [-0.3, -0.25) is 9.78 Å². The van der Waals surface area contributed by atoms with Crippen LogP contribution in [-0.2, 0) is 11.2 Å². The molecule has 0 saturated heterocycles. The fourth-order valence-electron chi connectivity index (χ4n) is 2.59. The lowest BCUT2D eigenvalue weighted by molar-refractivity contribution is -0.115. The van der Waals surface area contributed by atoms with E-state index in [-0.39, 0.29) is 12.3 Å². The summed E-state index contributed by atoms with van der Waals surface area (Å²) in [7, 11) is 1.58. The first kappa shape index (κ1) is 15.8. The van der Waals surface area contributed by atoms with Crippen LogP contribution in [0.1, 0.15) is 11.3 Å². The fraction of sp³-hybridized carbons (Fsp3) is 0.158. The average molecular weight is 321 g/mol. The molecule has 0 aliphatic rings. The number of hydrogen-bond donors (Lipinski definition) is 2. The molecule has 1 amide bonds. The number of ether oxygens (including phenoxy) is 1. The van der Waals surface area contributed by atoms with Gasteiger partial charge < -0.3 is 15.8 Å². The van der Waals surface area contributed by atoms with E-state index in [1.165, 1.54) is 0 Å². The molecular formula is C19H19N3O2. The number of hydrogen-bond acceptors (Lipinski definition) is 4. The maximum atomic E-state index is 12.3. The van der Waals surface area contributed by atoms with Crippen molar-refractivity contribution in [1.82, 2.24) is 4.98 Å². The number of carbonyl (C=O) groups excluding carboxylic acids is 1. The number of carbonyl (C=O) groups is 1. The summed E-state index contributed by atoms with van der Waals surface area (Å²) >= 11 is 0. The molecule has 0 saturated carbocycles. The highest BCUT2D eigenvalue weighted by Gasteiger charge is 2.10. The van der Waals surface area contributed by atoms with E-state index >= 15 is 0 Å². The molecule has 5 nitrogen and oxygen atoms in total. The molecule has 3 aromatic rings. The molecule has 0 aliphatic heterocycles. The van der Waals surface area contributed by atoms with Gasteiger partial charge in [-0.1, -0.05) is 24.3 Å². The van der Waals surface area contributed by atoms with E-state index in [9.17, 15) is 4.79 Å². The molecule has 2 aromatic carbocycles. The number of nitrogens with one attached hydrogen (secondary N) is 1. The van der Waals surface area contributed by atoms with Crippen LogP contribution in [0.2, 0.25) is 0 Å². The monoisotopic (exact) mass is 321 g/mol. The number of rotatable bonds is 4. The number of nitrogens with two attached hydrogens (primary N) is 1. The minimum Gasteiger partial charge on any atom is -0.495 e. The lowest BCUT2D eigenvalue weighted by Gasteiger charge is -2.11. The van der Waals surface area contributed by atoms with Crippen molar-refractivity contribution >= 4 is 28.2 Å². The van der Waals surface area contributed by atoms with Crippen molar-refractivity contribution in [3.05, 3.63) is 59.8 Å². The maximum Gasteiger partial charge on any atom is 0.230 e. The Morgan fingerprint density at radius 2 is 2.04 bits per heavy atom. The van der Waals surface area contributed by atoms with Gasteiger partial charge in [-0.25, -0.2) is 0 Å². The van der Waals surface area contributed by atoms with Crippen LogP contribution in [0.5, 0.6) is 5.75 Å². The van der Waals surface area contributed by atoms with Crippen LogP contribution in [0, 0.1) is 6.92 Å². The van der Waals surface area contributed by atoms with Crippen LogP contribution in [0.25, 0.3) is 10.9 Å². The highest BCUT2D eigenvalue weighted by atomic mass is 16.5. The third-order valence-corrected chi connectivity index (χ3v) is 3.78. The number of aryl methyl sites for hydroxylation is 1. The summed E-state index contributed by atoms with van der Waals surface area (Å²) in [6.45, 7) is 1.96. The number of methoxy groups -OCH3 is 1. The van der Waals surface area contributed by atoms with E-state index in [1.54, 1.807) is 13.2 Å². The molecule has 5 heteroatoms. The summed E-state index contributed by atoms with van der Waals surface area (Å²) in [5.74, 6) is 0.477. The number of benzene rings is 2. The largest absolute Gasteiger partial charge is 0.495 e. The minimum atomic E-state index is -0.153. The SMILES string of the molecule is COc1ccc(C)cc1NC(=O)Cc1ccc2cccc(N)c2n1. The van der Waals surface area contributed by atoms with E-state index in [2.05, 4.69) is 10.3 Å². The second-order valence-electron chi connectivity index (χ2n) is 5.65. The maximum absolute atomic E-state index is 12.3. The lowest BCUT2D eigenvalue weighted by Crippen LogP contribution is -2.16. The lowest BCUT2D eigenvalue weighted by atomic mass is 10.1. The van der Waals surface area contributed by atoms with Gasteiger partial charge in [0.05, 0.1) is 36.1 Å². The molecule has 0 spiro atoms. The van der Waals surface area contributed by atoms with Gasteiger partial charge in [0.25, 0.3) is 0 Å². The highest BCUT2D eigenvalue weighted by molar-refractivity contribution is 5.94. The third kappa shape index (κ3) is 3.30. The number of amides is 1. The van der Waals surface area contributed by atoms with Crippen molar-refractivity contribution in [1.29, 1.82) is 0 Å². The second-order valence-corrected chi connectivity index (χ2v) is 5.65. The molecule has 3 rings (SSSR count). The van der Waals surface area contributed by atoms with E-state index in [0.717, 1.165) is 16.5 Å². The predicted molar refractivity (Wildman–Crippen MR) is 96.2 cm³/mol. The Morgan fingerprint density at radius 1 is 1.21 bits per heavy atom. The van der Waals surface area contributed by atoms with Crippen molar-refractivity contribution < 1.29 is 9.53 Å². The molecular weight excluding hydrogens is 302 g/mol. The molecule has 3 N–H and O–H groups in total. The second kappa shape index (κ2) is 6.58. The van der Waals surface area contributed by atoms with Gasteiger partial charge in [-0.2, -0.15) is 0 Å². The van der Waals surface area contributed by atoms with Gasteiger partial charge in [0.15, 0.2) is 0 Å². The number of fused-ring (bicyclic) bond motifs is 1. The predicted octanol–water partition coefficient (Wildman–Crippen LogP) is 3.32. The standard InChI is InChI=1S/C19H19N3O2/c1-12-6-9-17(24-2)16(10-12)22-18(23)11-14-8-7-13-4-3-5-15(20)19(13)21-14/h3-10H,11,20H2,1-2H3,(H,22,23). The molecule has 0 radical (unpaired) electrons. The number of anilines is 2. The highest BCUT2D eigenvalue weighted by Crippen LogP contribution is 2.25. The first-order chi connectivity index (χ1) is 11.6. The van der Waals surface area contributed by atoms with E-state index < -0.39 is 0 Å². The zero-order valence-corrected chi connectivity index (χ0v) is 13.7. The summed E-state index contributed by atoms with van der Waals surface area (Å²) in [5, 5.41) is 3.84. The quantitative estimate of drug-likeness (QED) is 0.723. The van der Waals surface area contributed by atoms with E-state index in [1.807, 2.05) is 49.4 Å². The Hall–Kier alpha value is -3.08. The molecule has 0 unspecified atom stereocenters. The smallest absolute Gasteiger partial charge is 0.230 e. The van der Waals surface area contributed by atoms with Crippen LogP contribution in [0.3, 0.4) is 0 Å². The minimum absolute atomic E-state index is 0.153. The van der Waals surface area contributed by atoms with Crippen LogP contribution >= 0.6 is 0 Å². The van der Waals surface area contributed by atoms with Gasteiger partial charge in [-0.15, -0.1) is 0 Å². The molecule has 122 valence electrons. The number of para-hydroxylation sites is 1. The van der Waals surface area contributed by atoms with Crippen LogP contribution < -0.4 is 15.8 Å². The van der Waals surface area contributed by atoms with Crippen molar-refractivity contribution in [2.45, 2.75) is 13.3 Å². The zero-order chi connectivity index (χ0) is 17.1. The fourth-order valence-corrected chi connectivity index (χ4v) is 2.59. The Morgan fingerprint density at radius 3 is 2.83 bits per heavy atom. The van der Waals surface area contributed by atoms with Crippen molar-refractivity contribution in [3.8, 4) is 5.75 Å². The Kier molecular flexibility index (Phi) is 4.33. The Bertz CT molecular complexity index is 906. The summed E-state index contributed by atoms with van der Waals surface area (Å²) in [6, 6.07) is 15.0. The number of aromatic nitrogens is 1. The molecule has 0 atom stereocenters. The summed E-state index contributed by atoms with van der Waals surface area (Å²) in [4.78, 5) is 16.8. The Balaban J connectivity index is 1.80. The summed E-state index contributed by atoms with van der Waals surface area (Å²) in [5.41, 5.74) is 9.65. The number of pyridine rings is 1. The van der Waals surface area contributed by atoms with Crippen molar-refractivity contribution in [2.24, 2.45) is 0 Å². The van der Waals surface area contributed by atoms with Crippen molar-refractivity contribution in [3.63, 3.8) is 0 Å². The first-order valence-corrected chi connectivity index (χ1v) is 7.65. The Labute approximate surface area is 140 Å². The van der Waals surface area contributed by atoms with E-state index in [0.29, 0.717) is 22.8 Å².